The van der Waals surface area contributed by atoms with E-state index >= 15 is 0 Å². The number of anilines is 1. The van der Waals surface area contributed by atoms with Gasteiger partial charge in [-0.05, 0) is 24.6 Å². The summed E-state index contributed by atoms with van der Waals surface area (Å²) in [6.07, 6.45) is 2.93. The van der Waals surface area contributed by atoms with Crippen molar-refractivity contribution in [1.29, 1.82) is 0 Å². The number of aliphatic hydroxyl groups is 1. The van der Waals surface area contributed by atoms with E-state index in [-0.39, 0.29) is 6.04 Å². The minimum atomic E-state index is -0.566. The van der Waals surface area contributed by atoms with Gasteiger partial charge in [0.1, 0.15) is 0 Å². The van der Waals surface area contributed by atoms with Crippen molar-refractivity contribution in [2.75, 3.05) is 4.90 Å². The van der Waals surface area contributed by atoms with Crippen LogP contribution in [0.5, 0.6) is 0 Å². The Bertz CT molecular complexity index is 498. The average Bonchev–Trinajstić information content (AvgIpc) is 2.64. The summed E-state index contributed by atoms with van der Waals surface area (Å²) in [7, 11) is 0. The fraction of sp³-hybridized carbons (Fsp3) is 0.214. The van der Waals surface area contributed by atoms with Gasteiger partial charge in [-0.25, -0.2) is 0 Å². The Labute approximate surface area is 100 Å². The molecule has 0 amide bonds. The molecular formula is C14H14N2O. The fourth-order valence-corrected chi connectivity index (χ4v) is 2.52. The van der Waals surface area contributed by atoms with E-state index in [1.165, 1.54) is 5.56 Å². The van der Waals surface area contributed by atoms with Gasteiger partial charge in [-0.3, -0.25) is 4.98 Å². The zero-order chi connectivity index (χ0) is 11.8. The summed E-state index contributed by atoms with van der Waals surface area (Å²) in [4.78, 5) is 6.01. The zero-order valence-corrected chi connectivity index (χ0v) is 9.62. The van der Waals surface area contributed by atoms with Gasteiger partial charge >= 0.3 is 0 Å². The number of rotatable bonds is 1. The molecule has 2 atom stereocenters. The van der Waals surface area contributed by atoms with Gasteiger partial charge in [-0.2, -0.15) is 0 Å². The molecule has 0 saturated heterocycles. The lowest BCUT2D eigenvalue weighted by Crippen LogP contribution is -2.24. The highest BCUT2D eigenvalue weighted by Gasteiger charge is 2.34. The highest BCUT2D eigenvalue weighted by Crippen LogP contribution is 2.42. The predicted octanol–water partition coefficient (Wildman–Crippen LogP) is 2.65. The second-order valence-electron chi connectivity index (χ2n) is 4.29. The summed E-state index contributed by atoms with van der Waals surface area (Å²) in [5.41, 5.74) is 3.19. The van der Waals surface area contributed by atoms with E-state index in [0.29, 0.717) is 0 Å². The van der Waals surface area contributed by atoms with Crippen LogP contribution in [0.2, 0.25) is 0 Å². The number of nitrogens with zero attached hydrogens (tertiary/aromatic N) is 2. The van der Waals surface area contributed by atoms with Crippen molar-refractivity contribution < 1.29 is 5.11 Å². The quantitative estimate of drug-likeness (QED) is 0.812. The summed E-state index contributed by atoms with van der Waals surface area (Å²) >= 11 is 0. The lowest BCUT2D eigenvalue weighted by atomic mass is 10.1. The summed E-state index contributed by atoms with van der Waals surface area (Å²) in [5.74, 6) is 0. The van der Waals surface area contributed by atoms with Crippen LogP contribution in [0.15, 0.2) is 48.8 Å². The third-order valence-electron chi connectivity index (χ3n) is 3.37. The van der Waals surface area contributed by atoms with Gasteiger partial charge in [0.2, 0.25) is 0 Å². The first-order valence-corrected chi connectivity index (χ1v) is 5.74. The van der Waals surface area contributed by atoms with Gasteiger partial charge in [-0.1, -0.05) is 24.3 Å². The maximum Gasteiger partial charge on any atom is 0.154 e. The minimum Gasteiger partial charge on any atom is -0.369 e. The van der Waals surface area contributed by atoms with Crippen molar-refractivity contribution in [3.05, 3.63) is 59.9 Å². The van der Waals surface area contributed by atoms with Crippen LogP contribution >= 0.6 is 0 Å². The number of aromatic nitrogens is 1. The molecule has 0 aliphatic carbocycles. The minimum absolute atomic E-state index is 0.184. The van der Waals surface area contributed by atoms with E-state index in [9.17, 15) is 5.11 Å². The standard InChI is InChI=1S/C14H14N2O/c1-10-12-4-2-3-5-13(12)14(17)16(10)11-6-8-15-9-7-11/h2-10,14,17H,1H3. The van der Waals surface area contributed by atoms with Crippen molar-refractivity contribution in [3.8, 4) is 0 Å². The van der Waals surface area contributed by atoms with E-state index in [2.05, 4.69) is 18.0 Å². The molecule has 2 heterocycles. The average molecular weight is 226 g/mol. The topological polar surface area (TPSA) is 36.4 Å². The summed E-state index contributed by atoms with van der Waals surface area (Å²) in [5, 5.41) is 10.4. The molecule has 1 aliphatic rings. The van der Waals surface area contributed by atoms with Crippen molar-refractivity contribution in [1.82, 2.24) is 4.98 Å². The molecule has 17 heavy (non-hydrogen) atoms. The Morgan fingerprint density at radius 3 is 2.35 bits per heavy atom. The van der Waals surface area contributed by atoms with Crippen LogP contribution in [0.3, 0.4) is 0 Å². The van der Waals surface area contributed by atoms with E-state index in [0.717, 1.165) is 11.3 Å². The smallest absolute Gasteiger partial charge is 0.154 e. The van der Waals surface area contributed by atoms with Crippen molar-refractivity contribution in [2.24, 2.45) is 0 Å². The molecule has 3 heteroatoms. The molecule has 2 unspecified atom stereocenters. The molecule has 3 rings (SSSR count). The van der Waals surface area contributed by atoms with Crippen LogP contribution in [-0.4, -0.2) is 10.1 Å². The third kappa shape index (κ3) is 1.51. The Hall–Kier alpha value is -1.87. The molecule has 0 spiro atoms. The number of benzene rings is 1. The predicted molar refractivity (Wildman–Crippen MR) is 66.5 cm³/mol. The van der Waals surface area contributed by atoms with Crippen LogP contribution in [0.4, 0.5) is 5.69 Å². The molecule has 1 aliphatic heterocycles. The van der Waals surface area contributed by atoms with Gasteiger partial charge < -0.3 is 10.0 Å². The van der Waals surface area contributed by atoms with Crippen LogP contribution in [0, 0.1) is 0 Å². The maximum atomic E-state index is 10.4. The second kappa shape index (κ2) is 3.86. The monoisotopic (exact) mass is 226 g/mol. The highest BCUT2D eigenvalue weighted by molar-refractivity contribution is 5.55. The van der Waals surface area contributed by atoms with E-state index in [4.69, 9.17) is 0 Å². The van der Waals surface area contributed by atoms with Gasteiger partial charge in [0.15, 0.2) is 6.23 Å². The molecule has 1 aromatic heterocycles. The van der Waals surface area contributed by atoms with Crippen molar-refractivity contribution in [3.63, 3.8) is 0 Å². The molecule has 0 fully saturated rings. The largest absolute Gasteiger partial charge is 0.369 e. The van der Waals surface area contributed by atoms with Gasteiger partial charge in [0, 0.05) is 23.6 Å². The zero-order valence-electron chi connectivity index (χ0n) is 9.62. The molecule has 0 radical (unpaired) electrons. The third-order valence-corrected chi connectivity index (χ3v) is 3.37. The Kier molecular flexibility index (Phi) is 2.34. The van der Waals surface area contributed by atoms with Gasteiger partial charge in [0.25, 0.3) is 0 Å². The maximum absolute atomic E-state index is 10.4. The van der Waals surface area contributed by atoms with Crippen molar-refractivity contribution >= 4 is 5.69 Å². The summed E-state index contributed by atoms with van der Waals surface area (Å²) in [6.45, 7) is 2.11. The first-order chi connectivity index (χ1) is 8.29. The number of aliphatic hydroxyl groups excluding tert-OH is 1. The molecule has 0 saturated carbocycles. The molecule has 0 bridgehead atoms. The Morgan fingerprint density at radius 2 is 1.71 bits per heavy atom. The number of hydrogen-bond acceptors (Lipinski definition) is 3. The first-order valence-electron chi connectivity index (χ1n) is 5.74. The number of pyridine rings is 1. The SMILES string of the molecule is CC1c2ccccc2C(O)N1c1ccncc1. The normalized spacial score (nSPS) is 22.6. The molecule has 3 nitrogen and oxygen atoms in total. The van der Waals surface area contributed by atoms with Crippen LogP contribution in [-0.2, 0) is 0 Å². The molecular weight excluding hydrogens is 212 g/mol. The van der Waals surface area contributed by atoms with Crippen LogP contribution < -0.4 is 4.90 Å². The van der Waals surface area contributed by atoms with Crippen molar-refractivity contribution in [2.45, 2.75) is 19.2 Å². The van der Waals surface area contributed by atoms with E-state index in [1.807, 2.05) is 35.2 Å². The summed E-state index contributed by atoms with van der Waals surface area (Å²) in [6, 6.07) is 12.1. The Morgan fingerprint density at radius 1 is 1.06 bits per heavy atom. The molecule has 86 valence electrons. The molecule has 1 aromatic carbocycles. The summed E-state index contributed by atoms with van der Waals surface area (Å²) < 4.78 is 0. The Balaban J connectivity index is 2.06. The lowest BCUT2D eigenvalue weighted by Gasteiger charge is -2.27. The van der Waals surface area contributed by atoms with Crippen LogP contribution in [0.1, 0.15) is 30.3 Å². The number of hydrogen-bond donors (Lipinski definition) is 1. The molecule has 1 N–H and O–H groups in total. The lowest BCUT2D eigenvalue weighted by molar-refractivity contribution is 0.176. The van der Waals surface area contributed by atoms with Gasteiger partial charge in [0.05, 0.1) is 6.04 Å². The fourth-order valence-electron chi connectivity index (χ4n) is 2.52. The van der Waals surface area contributed by atoms with Gasteiger partial charge in [-0.15, -0.1) is 0 Å². The number of fused-ring (bicyclic) bond motifs is 1. The van der Waals surface area contributed by atoms with E-state index in [1.54, 1.807) is 12.4 Å². The van der Waals surface area contributed by atoms with Crippen LogP contribution in [0.25, 0.3) is 0 Å². The first kappa shape index (κ1) is 10.3. The van der Waals surface area contributed by atoms with E-state index < -0.39 is 6.23 Å². The molecule has 2 aromatic rings. The second-order valence-corrected chi connectivity index (χ2v) is 4.29. The highest BCUT2D eigenvalue weighted by atomic mass is 16.3.